The second-order valence-corrected chi connectivity index (χ2v) is 5.42. The smallest absolute Gasteiger partial charge is 0.123 e. The molecule has 0 atom stereocenters. The zero-order chi connectivity index (χ0) is 14.1. The third kappa shape index (κ3) is 2.29. The van der Waals surface area contributed by atoms with Crippen LogP contribution in [0.2, 0.25) is 5.02 Å². The van der Waals surface area contributed by atoms with Crippen LogP contribution in [0.3, 0.4) is 0 Å². The number of methoxy groups -OCH3 is 1. The molecule has 0 aliphatic carbocycles. The van der Waals surface area contributed by atoms with Crippen molar-refractivity contribution >= 4 is 23.0 Å². The highest BCUT2D eigenvalue weighted by molar-refractivity contribution is 6.30. The SMILES string of the molecule is COc1ccc(Cl)cc1CN1CCc2cccc(N)c21. The van der Waals surface area contributed by atoms with Gasteiger partial charge >= 0.3 is 0 Å². The summed E-state index contributed by atoms with van der Waals surface area (Å²) in [5.41, 5.74) is 10.5. The Bertz CT molecular complexity index is 642. The topological polar surface area (TPSA) is 38.5 Å². The van der Waals surface area contributed by atoms with Gasteiger partial charge in [-0.2, -0.15) is 0 Å². The van der Waals surface area contributed by atoms with Gasteiger partial charge in [0, 0.05) is 23.7 Å². The van der Waals surface area contributed by atoms with E-state index in [2.05, 4.69) is 11.0 Å². The maximum absolute atomic E-state index is 6.12. The molecule has 4 heteroatoms. The van der Waals surface area contributed by atoms with Gasteiger partial charge in [0.15, 0.2) is 0 Å². The lowest BCUT2D eigenvalue weighted by atomic mass is 10.1. The number of nitrogens with zero attached hydrogens (tertiary/aromatic N) is 1. The van der Waals surface area contributed by atoms with Gasteiger partial charge < -0.3 is 15.4 Å². The largest absolute Gasteiger partial charge is 0.496 e. The molecule has 2 N–H and O–H groups in total. The second kappa shape index (κ2) is 5.25. The molecule has 104 valence electrons. The Labute approximate surface area is 123 Å². The molecule has 1 aliphatic heterocycles. The molecule has 1 heterocycles. The molecule has 2 aromatic rings. The fourth-order valence-electron chi connectivity index (χ4n) is 2.80. The number of hydrogen-bond donors (Lipinski definition) is 1. The Kier molecular flexibility index (Phi) is 3.45. The summed E-state index contributed by atoms with van der Waals surface area (Å²) in [6.45, 7) is 1.73. The molecule has 3 rings (SSSR count). The van der Waals surface area contributed by atoms with Crippen molar-refractivity contribution in [3.8, 4) is 5.75 Å². The number of fused-ring (bicyclic) bond motifs is 1. The van der Waals surface area contributed by atoms with Crippen molar-refractivity contribution in [1.82, 2.24) is 0 Å². The van der Waals surface area contributed by atoms with E-state index in [1.807, 2.05) is 30.3 Å². The minimum absolute atomic E-state index is 0.723. The van der Waals surface area contributed by atoms with Crippen LogP contribution in [0.5, 0.6) is 5.75 Å². The third-order valence-electron chi connectivity index (χ3n) is 3.72. The van der Waals surface area contributed by atoms with Crippen molar-refractivity contribution in [3.63, 3.8) is 0 Å². The van der Waals surface area contributed by atoms with Crippen molar-refractivity contribution in [2.24, 2.45) is 0 Å². The first kappa shape index (κ1) is 13.1. The Morgan fingerprint density at radius 1 is 1.30 bits per heavy atom. The zero-order valence-electron chi connectivity index (χ0n) is 11.4. The standard InChI is InChI=1S/C16H17ClN2O/c1-20-15-6-5-13(17)9-12(15)10-19-8-7-11-3-2-4-14(18)16(11)19/h2-6,9H,7-8,10,18H2,1H3. The first-order valence-corrected chi connectivity index (χ1v) is 7.01. The van der Waals surface area contributed by atoms with Crippen LogP contribution in [-0.4, -0.2) is 13.7 Å². The summed E-state index contributed by atoms with van der Waals surface area (Å²) in [6, 6.07) is 11.8. The number of rotatable bonds is 3. The van der Waals surface area contributed by atoms with Crippen molar-refractivity contribution in [2.75, 3.05) is 24.3 Å². The normalized spacial score (nSPS) is 13.4. The molecule has 0 fully saturated rings. The van der Waals surface area contributed by atoms with E-state index in [0.717, 1.165) is 47.2 Å². The fraction of sp³-hybridized carbons (Fsp3) is 0.250. The minimum atomic E-state index is 0.723. The van der Waals surface area contributed by atoms with E-state index < -0.39 is 0 Å². The molecule has 0 saturated carbocycles. The molecule has 0 radical (unpaired) electrons. The highest BCUT2D eigenvalue weighted by Gasteiger charge is 2.22. The molecule has 0 bridgehead atoms. The van der Waals surface area contributed by atoms with Crippen LogP contribution in [0.15, 0.2) is 36.4 Å². The van der Waals surface area contributed by atoms with Gasteiger partial charge in [-0.15, -0.1) is 0 Å². The molecular weight excluding hydrogens is 272 g/mol. The number of nitrogen functional groups attached to an aromatic ring is 1. The molecule has 0 saturated heterocycles. The van der Waals surface area contributed by atoms with Crippen LogP contribution in [0.4, 0.5) is 11.4 Å². The van der Waals surface area contributed by atoms with Crippen LogP contribution < -0.4 is 15.4 Å². The molecule has 0 amide bonds. The van der Waals surface area contributed by atoms with Crippen molar-refractivity contribution in [3.05, 3.63) is 52.5 Å². The summed E-state index contributed by atoms with van der Waals surface area (Å²) in [7, 11) is 1.68. The van der Waals surface area contributed by atoms with E-state index >= 15 is 0 Å². The van der Waals surface area contributed by atoms with E-state index in [4.69, 9.17) is 22.1 Å². The Hall–Kier alpha value is -1.87. The first-order chi connectivity index (χ1) is 9.69. The monoisotopic (exact) mass is 288 g/mol. The average Bonchev–Trinajstić information content (AvgIpc) is 2.84. The van der Waals surface area contributed by atoms with Crippen LogP contribution in [0.1, 0.15) is 11.1 Å². The number of ether oxygens (including phenoxy) is 1. The van der Waals surface area contributed by atoms with Crippen molar-refractivity contribution < 1.29 is 4.74 Å². The second-order valence-electron chi connectivity index (χ2n) is 4.98. The number of halogens is 1. The lowest BCUT2D eigenvalue weighted by molar-refractivity contribution is 0.409. The van der Waals surface area contributed by atoms with Gasteiger partial charge in [-0.05, 0) is 36.2 Å². The Balaban J connectivity index is 1.93. The lowest BCUT2D eigenvalue weighted by Gasteiger charge is -2.22. The molecule has 0 unspecified atom stereocenters. The highest BCUT2D eigenvalue weighted by atomic mass is 35.5. The molecule has 0 aromatic heterocycles. The van der Waals surface area contributed by atoms with Crippen molar-refractivity contribution in [2.45, 2.75) is 13.0 Å². The third-order valence-corrected chi connectivity index (χ3v) is 3.96. The number of hydrogen-bond acceptors (Lipinski definition) is 3. The molecule has 3 nitrogen and oxygen atoms in total. The number of benzene rings is 2. The van der Waals surface area contributed by atoms with Gasteiger partial charge in [-0.3, -0.25) is 0 Å². The van der Waals surface area contributed by atoms with Gasteiger partial charge in [-0.25, -0.2) is 0 Å². The quantitative estimate of drug-likeness (QED) is 0.879. The van der Waals surface area contributed by atoms with Crippen LogP contribution >= 0.6 is 11.6 Å². The highest BCUT2D eigenvalue weighted by Crippen LogP contribution is 2.36. The summed E-state index contributed by atoms with van der Waals surface area (Å²) < 4.78 is 5.41. The molecule has 2 aromatic carbocycles. The van der Waals surface area contributed by atoms with E-state index in [1.54, 1.807) is 7.11 Å². The Morgan fingerprint density at radius 3 is 2.95 bits per heavy atom. The summed E-state index contributed by atoms with van der Waals surface area (Å²) in [5.74, 6) is 0.859. The number of para-hydroxylation sites is 1. The van der Waals surface area contributed by atoms with Crippen LogP contribution in [0.25, 0.3) is 0 Å². The summed E-state index contributed by atoms with van der Waals surface area (Å²) in [6.07, 6.45) is 1.03. The van der Waals surface area contributed by atoms with Gasteiger partial charge in [-0.1, -0.05) is 23.7 Å². The molecule has 0 spiro atoms. The van der Waals surface area contributed by atoms with Gasteiger partial charge in [0.25, 0.3) is 0 Å². The fourth-order valence-corrected chi connectivity index (χ4v) is 2.99. The zero-order valence-corrected chi connectivity index (χ0v) is 12.2. The average molecular weight is 289 g/mol. The maximum atomic E-state index is 6.12. The lowest BCUT2D eigenvalue weighted by Crippen LogP contribution is -2.21. The van der Waals surface area contributed by atoms with E-state index in [1.165, 1.54) is 5.56 Å². The van der Waals surface area contributed by atoms with Crippen LogP contribution in [-0.2, 0) is 13.0 Å². The number of anilines is 2. The van der Waals surface area contributed by atoms with Crippen molar-refractivity contribution in [1.29, 1.82) is 0 Å². The van der Waals surface area contributed by atoms with Crippen LogP contribution in [0, 0.1) is 0 Å². The molecule has 1 aliphatic rings. The minimum Gasteiger partial charge on any atom is -0.496 e. The predicted molar refractivity (Wildman–Crippen MR) is 83.6 cm³/mol. The first-order valence-electron chi connectivity index (χ1n) is 6.64. The predicted octanol–water partition coefficient (Wildman–Crippen LogP) is 3.49. The van der Waals surface area contributed by atoms with Gasteiger partial charge in [0.1, 0.15) is 5.75 Å². The molecular formula is C16H17ClN2O. The van der Waals surface area contributed by atoms with E-state index in [9.17, 15) is 0 Å². The number of nitrogens with two attached hydrogens (primary N) is 1. The van der Waals surface area contributed by atoms with E-state index in [-0.39, 0.29) is 0 Å². The van der Waals surface area contributed by atoms with Gasteiger partial charge in [0.2, 0.25) is 0 Å². The molecule has 20 heavy (non-hydrogen) atoms. The van der Waals surface area contributed by atoms with E-state index in [0.29, 0.717) is 0 Å². The Morgan fingerprint density at radius 2 is 2.15 bits per heavy atom. The maximum Gasteiger partial charge on any atom is 0.123 e. The van der Waals surface area contributed by atoms with Gasteiger partial charge in [0.05, 0.1) is 18.5 Å². The summed E-state index contributed by atoms with van der Waals surface area (Å²) >= 11 is 6.09. The summed E-state index contributed by atoms with van der Waals surface area (Å²) in [5, 5.41) is 0.723. The summed E-state index contributed by atoms with van der Waals surface area (Å²) in [4.78, 5) is 2.29.